The van der Waals surface area contributed by atoms with Crippen molar-refractivity contribution in [1.82, 2.24) is 14.9 Å². The molecule has 48 heavy (non-hydrogen) atoms. The van der Waals surface area contributed by atoms with Crippen LogP contribution in [0.4, 0.5) is 11.4 Å². The molecule has 3 aliphatic rings. The predicted octanol–water partition coefficient (Wildman–Crippen LogP) is 1.56. The maximum Gasteiger partial charge on any atom is 0.335 e. The number of rotatable bonds is 7. The van der Waals surface area contributed by atoms with Gasteiger partial charge in [-0.05, 0) is 43.2 Å². The lowest BCUT2D eigenvalue weighted by Gasteiger charge is -2.44. The van der Waals surface area contributed by atoms with Crippen molar-refractivity contribution in [2.75, 3.05) is 56.2 Å². The zero-order valence-electron chi connectivity index (χ0n) is 26.4. The summed E-state index contributed by atoms with van der Waals surface area (Å²) in [7, 11) is 1.68. The number of hydrogen-bond acceptors (Lipinski definition) is 13. The maximum atomic E-state index is 11.6. The van der Waals surface area contributed by atoms with Crippen molar-refractivity contribution in [1.29, 1.82) is 0 Å². The summed E-state index contributed by atoms with van der Waals surface area (Å²) < 4.78 is 16.7. The Morgan fingerprint density at radius 2 is 1.58 bits per heavy atom. The van der Waals surface area contributed by atoms with E-state index in [4.69, 9.17) is 14.2 Å². The van der Waals surface area contributed by atoms with Gasteiger partial charge in [0.1, 0.15) is 41.1 Å². The summed E-state index contributed by atoms with van der Waals surface area (Å²) in [6, 6.07) is 13.3. The minimum Gasteiger partial charge on any atom is -0.507 e. The Morgan fingerprint density at radius 1 is 0.854 bits per heavy atom. The second-order valence-corrected chi connectivity index (χ2v) is 12.5. The van der Waals surface area contributed by atoms with Crippen LogP contribution in [0.5, 0.6) is 17.2 Å². The first kappa shape index (κ1) is 32.1. The van der Waals surface area contributed by atoms with Crippen LogP contribution in [0.1, 0.15) is 12.8 Å². The van der Waals surface area contributed by atoms with Gasteiger partial charge in [-0.25, -0.2) is 4.79 Å². The van der Waals surface area contributed by atoms with Gasteiger partial charge in [-0.1, -0.05) is 6.07 Å². The Hall–Kier alpha value is -4.47. The number of ether oxygens (including phenoxy) is 3. The Labute approximate surface area is 276 Å². The number of pyridine rings is 2. The Balaban J connectivity index is 1.03. The largest absolute Gasteiger partial charge is 0.507 e. The molecule has 14 nitrogen and oxygen atoms in total. The van der Waals surface area contributed by atoms with Gasteiger partial charge in [-0.3, -0.25) is 14.9 Å². The summed E-state index contributed by atoms with van der Waals surface area (Å²) in [4.78, 5) is 27.9. The van der Waals surface area contributed by atoms with E-state index < -0.39 is 36.7 Å². The fourth-order valence-corrected chi connectivity index (χ4v) is 7.14. The molecular weight excluding hydrogens is 622 g/mol. The molecule has 0 aliphatic carbocycles. The van der Waals surface area contributed by atoms with Crippen LogP contribution >= 0.6 is 0 Å². The standard InChI is InChI=1S/C34H39N5O9/c1-46-21-17-19-3-2-9-35-27(19)23(18-21)39-15-13-37(14-16-39)20-7-11-38(12-8-20)22-4-5-24(40)26-25(6-10-36-28(22)26)47-34-31(43)29(41)30(42)32(48-34)33(44)45/h2-6,9-10,17-18,20,29-32,34,40-43H,7-8,11-16H2,1H3,(H,44,45). The summed E-state index contributed by atoms with van der Waals surface area (Å²) in [5, 5.41) is 52.3. The molecule has 0 amide bonds. The number of methoxy groups -OCH3 is 1. The van der Waals surface area contributed by atoms with Gasteiger partial charge in [0.05, 0.1) is 29.4 Å². The zero-order chi connectivity index (χ0) is 33.5. The van der Waals surface area contributed by atoms with Crippen LogP contribution in [0.25, 0.3) is 21.8 Å². The van der Waals surface area contributed by atoms with E-state index in [-0.39, 0.29) is 16.9 Å². The van der Waals surface area contributed by atoms with E-state index in [0.29, 0.717) is 11.6 Å². The number of fused-ring (bicyclic) bond motifs is 2. The normalized spacial score (nSPS) is 25.8. The second kappa shape index (κ2) is 13.2. The lowest BCUT2D eigenvalue weighted by atomic mass is 9.99. The van der Waals surface area contributed by atoms with Crippen LogP contribution in [0.3, 0.4) is 0 Å². The van der Waals surface area contributed by atoms with Crippen LogP contribution in [0.15, 0.2) is 54.9 Å². The molecule has 3 fully saturated rings. The summed E-state index contributed by atoms with van der Waals surface area (Å²) in [6.45, 7) is 5.19. The third-order valence-corrected chi connectivity index (χ3v) is 9.74. The first-order chi connectivity index (χ1) is 23.2. The van der Waals surface area contributed by atoms with Crippen LogP contribution in [0.2, 0.25) is 0 Å². The molecule has 3 saturated heterocycles. The van der Waals surface area contributed by atoms with E-state index in [2.05, 4.69) is 36.8 Å². The Bertz CT molecular complexity index is 1790. The zero-order valence-corrected chi connectivity index (χ0v) is 26.4. The molecule has 0 bridgehead atoms. The number of nitrogens with zero attached hydrogens (tertiary/aromatic N) is 5. The van der Waals surface area contributed by atoms with Gasteiger partial charge in [0.2, 0.25) is 6.29 Å². The smallest absolute Gasteiger partial charge is 0.335 e. The quantitative estimate of drug-likeness (QED) is 0.192. The molecule has 14 heteroatoms. The van der Waals surface area contributed by atoms with Gasteiger partial charge in [0, 0.05) is 69.2 Å². The number of piperidine rings is 1. The van der Waals surface area contributed by atoms with Crippen molar-refractivity contribution in [3.63, 3.8) is 0 Å². The van der Waals surface area contributed by atoms with Crippen molar-refractivity contribution in [2.24, 2.45) is 0 Å². The molecule has 0 radical (unpaired) electrons. The fraction of sp³-hybridized carbons (Fsp3) is 0.441. The monoisotopic (exact) mass is 661 g/mol. The Kier molecular flexibility index (Phi) is 8.83. The third-order valence-electron chi connectivity index (χ3n) is 9.74. The highest BCUT2D eigenvalue weighted by Crippen LogP contribution is 2.40. The van der Waals surface area contributed by atoms with Crippen molar-refractivity contribution in [3.05, 3.63) is 54.9 Å². The molecule has 0 spiro atoms. The fourth-order valence-electron chi connectivity index (χ4n) is 7.14. The number of piperazine rings is 1. The van der Waals surface area contributed by atoms with Crippen molar-refractivity contribution in [3.8, 4) is 17.2 Å². The molecule has 7 rings (SSSR count). The minimum atomic E-state index is -1.84. The molecule has 4 aromatic rings. The number of phenolic OH excluding ortho intramolecular Hbond substituents is 1. The van der Waals surface area contributed by atoms with E-state index >= 15 is 0 Å². The lowest BCUT2D eigenvalue weighted by molar-refractivity contribution is -0.270. The molecule has 5 N–H and O–H groups in total. The molecule has 2 aromatic heterocycles. The van der Waals surface area contributed by atoms with Gasteiger partial charge >= 0.3 is 5.97 Å². The van der Waals surface area contributed by atoms with E-state index in [1.807, 2.05) is 24.4 Å². The number of hydrogen-bond donors (Lipinski definition) is 5. The molecule has 0 saturated carbocycles. The number of phenols is 1. The molecule has 5 unspecified atom stereocenters. The first-order valence-electron chi connectivity index (χ1n) is 16.1. The number of benzene rings is 2. The molecule has 5 heterocycles. The SMILES string of the molecule is COc1cc(N2CCN(C3CCN(c4ccc(O)c5c(OC6OC(C(=O)O)C(O)C(O)C6O)ccnc45)CC3)CC2)c2ncccc2c1. The maximum absolute atomic E-state index is 11.6. The highest BCUT2D eigenvalue weighted by molar-refractivity contribution is 5.99. The van der Waals surface area contributed by atoms with E-state index in [0.717, 1.165) is 80.1 Å². The number of carbonyl (C=O) groups is 1. The highest BCUT2D eigenvalue weighted by Gasteiger charge is 2.48. The van der Waals surface area contributed by atoms with Crippen LogP contribution < -0.4 is 19.3 Å². The number of carboxylic acid groups (broad SMARTS) is 1. The molecule has 5 atom stereocenters. The van der Waals surface area contributed by atoms with Gasteiger partial charge in [0.15, 0.2) is 6.10 Å². The van der Waals surface area contributed by atoms with E-state index in [1.54, 1.807) is 13.2 Å². The average Bonchev–Trinajstić information content (AvgIpc) is 3.11. The predicted molar refractivity (Wildman–Crippen MR) is 176 cm³/mol. The Morgan fingerprint density at radius 3 is 2.31 bits per heavy atom. The average molecular weight is 662 g/mol. The molecule has 3 aliphatic heterocycles. The van der Waals surface area contributed by atoms with Gasteiger partial charge in [0.25, 0.3) is 0 Å². The van der Waals surface area contributed by atoms with Crippen molar-refractivity contribution >= 4 is 39.1 Å². The number of carboxylic acids is 1. The van der Waals surface area contributed by atoms with Crippen LogP contribution in [-0.2, 0) is 9.53 Å². The number of aromatic nitrogens is 2. The lowest BCUT2D eigenvalue weighted by Crippen LogP contribution is -2.61. The minimum absolute atomic E-state index is 0.0860. The van der Waals surface area contributed by atoms with Crippen LogP contribution in [0, 0.1) is 0 Å². The number of anilines is 2. The summed E-state index contributed by atoms with van der Waals surface area (Å²) in [5.74, 6) is -0.729. The summed E-state index contributed by atoms with van der Waals surface area (Å²) >= 11 is 0. The van der Waals surface area contributed by atoms with Gasteiger partial charge < -0.3 is 49.5 Å². The van der Waals surface area contributed by atoms with E-state index in [9.17, 15) is 30.3 Å². The van der Waals surface area contributed by atoms with Gasteiger partial charge in [-0.2, -0.15) is 0 Å². The number of aliphatic hydroxyl groups is 3. The van der Waals surface area contributed by atoms with Crippen LogP contribution in [-0.4, -0.2) is 129 Å². The molecule has 254 valence electrons. The summed E-state index contributed by atoms with van der Waals surface area (Å²) in [5.41, 5.74) is 3.35. The molecular formula is C34H39N5O9. The molecule has 2 aromatic carbocycles. The number of aliphatic carboxylic acids is 1. The number of aromatic hydroxyl groups is 1. The van der Waals surface area contributed by atoms with Crippen molar-refractivity contribution in [2.45, 2.75) is 49.6 Å². The van der Waals surface area contributed by atoms with E-state index in [1.165, 1.54) is 12.3 Å². The van der Waals surface area contributed by atoms with Crippen molar-refractivity contribution < 1.29 is 44.5 Å². The highest BCUT2D eigenvalue weighted by atomic mass is 16.7. The first-order valence-corrected chi connectivity index (χ1v) is 16.1. The topological polar surface area (TPSA) is 181 Å². The number of aliphatic hydroxyl groups excluding tert-OH is 3. The second-order valence-electron chi connectivity index (χ2n) is 12.5. The van der Waals surface area contributed by atoms with Gasteiger partial charge in [-0.15, -0.1) is 0 Å². The third kappa shape index (κ3) is 5.90. The summed E-state index contributed by atoms with van der Waals surface area (Å²) in [6.07, 6.45) is -3.62.